The minimum Gasteiger partial charge on any atom is -0.481 e. The number of carbonyl (C=O) groups excluding carboxylic acids is 1. The summed E-state index contributed by atoms with van der Waals surface area (Å²) >= 11 is 0. The average Bonchev–Trinajstić information content (AvgIpc) is 2.42. The number of nitrogens with zero attached hydrogens (tertiary/aromatic N) is 1. The molecule has 1 rings (SSSR count). The lowest BCUT2D eigenvalue weighted by atomic mass is 10.1. The summed E-state index contributed by atoms with van der Waals surface area (Å²) in [5, 5.41) is 8.57. The number of carboxylic acids is 1. The van der Waals surface area contributed by atoms with Gasteiger partial charge in [0.1, 0.15) is 0 Å². The van der Waals surface area contributed by atoms with Crippen molar-refractivity contribution in [3.63, 3.8) is 0 Å². The molecule has 4 nitrogen and oxygen atoms in total. The van der Waals surface area contributed by atoms with Crippen LogP contribution < -0.4 is 0 Å². The van der Waals surface area contributed by atoms with Crippen molar-refractivity contribution in [1.29, 1.82) is 0 Å². The molecule has 0 aliphatic carbocycles. The van der Waals surface area contributed by atoms with Gasteiger partial charge in [0.15, 0.2) is 0 Å². The normalized spacial score (nSPS) is 10.3. The first-order valence-corrected chi connectivity index (χ1v) is 7.00. The second-order valence-electron chi connectivity index (χ2n) is 5.15. The number of aliphatic carboxylic acids is 1. The first-order chi connectivity index (χ1) is 9.49. The summed E-state index contributed by atoms with van der Waals surface area (Å²) in [4.78, 5) is 23.7. The minimum atomic E-state index is -0.871. The van der Waals surface area contributed by atoms with Crippen LogP contribution in [0.2, 0.25) is 0 Å². The Kier molecular flexibility index (Phi) is 6.77. The Balaban J connectivity index is 2.18. The quantitative estimate of drug-likeness (QED) is 0.743. The first-order valence-electron chi connectivity index (χ1n) is 7.00. The van der Waals surface area contributed by atoms with Crippen LogP contribution in [0.5, 0.6) is 0 Å². The standard InChI is InChI=1S/C16H23NO3/c1-13-7-9-14(10-8-13)5-3-4-6-15(18)17(2)12-11-16(19)20/h7-10H,3-6,11-12H2,1-2H3,(H,19,20). The van der Waals surface area contributed by atoms with Crippen LogP contribution in [0, 0.1) is 6.92 Å². The van der Waals surface area contributed by atoms with Crippen molar-refractivity contribution in [3.05, 3.63) is 35.4 Å². The van der Waals surface area contributed by atoms with Crippen LogP contribution in [-0.4, -0.2) is 35.5 Å². The van der Waals surface area contributed by atoms with E-state index < -0.39 is 5.97 Å². The molecule has 110 valence electrons. The summed E-state index contributed by atoms with van der Waals surface area (Å²) in [6.45, 7) is 2.35. The summed E-state index contributed by atoms with van der Waals surface area (Å²) in [5.41, 5.74) is 2.55. The van der Waals surface area contributed by atoms with Crippen LogP contribution in [-0.2, 0) is 16.0 Å². The molecule has 0 unspecified atom stereocenters. The molecule has 0 aromatic heterocycles. The average molecular weight is 277 g/mol. The maximum Gasteiger partial charge on any atom is 0.305 e. The fraction of sp³-hybridized carbons (Fsp3) is 0.500. The van der Waals surface area contributed by atoms with Gasteiger partial charge in [0.05, 0.1) is 6.42 Å². The molecule has 0 bridgehead atoms. The number of hydrogen-bond donors (Lipinski definition) is 1. The van der Waals surface area contributed by atoms with E-state index in [1.165, 1.54) is 16.0 Å². The molecule has 20 heavy (non-hydrogen) atoms. The third-order valence-corrected chi connectivity index (χ3v) is 3.31. The number of carbonyl (C=O) groups is 2. The fourth-order valence-electron chi connectivity index (χ4n) is 1.94. The zero-order chi connectivity index (χ0) is 15.0. The third kappa shape index (κ3) is 6.36. The lowest BCUT2D eigenvalue weighted by Crippen LogP contribution is -2.28. The lowest BCUT2D eigenvalue weighted by Gasteiger charge is -2.15. The molecule has 1 aromatic rings. The van der Waals surface area contributed by atoms with E-state index >= 15 is 0 Å². The minimum absolute atomic E-state index is 0.00556. The van der Waals surface area contributed by atoms with E-state index in [4.69, 9.17) is 5.11 Å². The van der Waals surface area contributed by atoms with Gasteiger partial charge in [-0.2, -0.15) is 0 Å². The largest absolute Gasteiger partial charge is 0.481 e. The van der Waals surface area contributed by atoms with Crippen molar-refractivity contribution >= 4 is 11.9 Å². The number of hydrogen-bond acceptors (Lipinski definition) is 2. The van der Waals surface area contributed by atoms with Crippen LogP contribution in [0.25, 0.3) is 0 Å². The Morgan fingerprint density at radius 2 is 1.75 bits per heavy atom. The van der Waals surface area contributed by atoms with E-state index in [9.17, 15) is 9.59 Å². The van der Waals surface area contributed by atoms with Gasteiger partial charge in [0.25, 0.3) is 0 Å². The highest BCUT2D eigenvalue weighted by atomic mass is 16.4. The summed E-state index contributed by atoms with van der Waals surface area (Å²) in [7, 11) is 1.66. The Morgan fingerprint density at radius 3 is 2.35 bits per heavy atom. The zero-order valence-corrected chi connectivity index (χ0v) is 12.3. The third-order valence-electron chi connectivity index (χ3n) is 3.31. The van der Waals surface area contributed by atoms with Gasteiger partial charge >= 0.3 is 5.97 Å². The van der Waals surface area contributed by atoms with Crippen LogP contribution in [0.4, 0.5) is 0 Å². The number of aryl methyl sites for hydroxylation is 2. The Bertz CT molecular complexity index is 440. The van der Waals surface area contributed by atoms with Crippen molar-refractivity contribution in [1.82, 2.24) is 4.90 Å². The van der Waals surface area contributed by atoms with E-state index in [0.717, 1.165) is 19.3 Å². The highest BCUT2D eigenvalue weighted by molar-refractivity contribution is 5.76. The van der Waals surface area contributed by atoms with E-state index in [0.29, 0.717) is 6.42 Å². The second kappa shape index (κ2) is 8.35. The molecule has 0 radical (unpaired) electrons. The van der Waals surface area contributed by atoms with Gasteiger partial charge in [-0.05, 0) is 31.7 Å². The van der Waals surface area contributed by atoms with Crippen LogP contribution >= 0.6 is 0 Å². The highest BCUT2D eigenvalue weighted by Gasteiger charge is 2.09. The van der Waals surface area contributed by atoms with Gasteiger partial charge in [-0.3, -0.25) is 9.59 Å². The SMILES string of the molecule is Cc1ccc(CCCCC(=O)N(C)CCC(=O)O)cc1. The molecule has 0 saturated carbocycles. The Hall–Kier alpha value is -1.84. The molecular weight excluding hydrogens is 254 g/mol. The maximum atomic E-state index is 11.7. The van der Waals surface area contributed by atoms with Crippen LogP contribution in [0.3, 0.4) is 0 Å². The van der Waals surface area contributed by atoms with Crippen molar-refractivity contribution in [2.75, 3.05) is 13.6 Å². The highest BCUT2D eigenvalue weighted by Crippen LogP contribution is 2.09. The number of unbranched alkanes of at least 4 members (excludes halogenated alkanes) is 1. The smallest absolute Gasteiger partial charge is 0.305 e. The zero-order valence-electron chi connectivity index (χ0n) is 12.3. The molecule has 1 aromatic carbocycles. The molecular formula is C16H23NO3. The van der Waals surface area contributed by atoms with E-state index in [-0.39, 0.29) is 18.9 Å². The maximum absolute atomic E-state index is 11.7. The number of amides is 1. The van der Waals surface area contributed by atoms with Gasteiger partial charge in [-0.1, -0.05) is 29.8 Å². The molecule has 0 spiro atoms. The monoisotopic (exact) mass is 277 g/mol. The molecule has 0 atom stereocenters. The van der Waals surface area contributed by atoms with Gasteiger partial charge < -0.3 is 10.0 Å². The summed E-state index contributed by atoms with van der Waals surface area (Å²) in [6, 6.07) is 8.44. The fourth-order valence-corrected chi connectivity index (χ4v) is 1.94. The van der Waals surface area contributed by atoms with Crippen molar-refractivity contribution in [2.45, 2.75) is 39.0 Å². The number of benzene rings is 1. The Morgan fingerprint density at radius 1 is 1.10 bits per heavy atom. The summed E-state index contributed by atoms with van der Waals surface area (Å²) in [6.07, 6.45) is 3.28. The lowest BCUT2D eigenvalue weighted by molar-refractivity contribution is -0.138. The molecule has 0 fully saturated rings. The molecule has 1 N–H and O–H groups in total. The van der Waals surface area contributed by atoms with E-state index in [2.05, 4.69) is 31.2 Å². The predicted octanol–water partition coefficient (Wildman–Crippen LogP) is 2.64. The van der Waals surface area contributed by atoms with Crippen molar-refractivity contribution in [3.8, 4) is 0 Å². The van der Waals surface area contributed by atoms with Crippen LogP contribution in [0.1, 0.15) is 36.8 Å². The molecule has 1 amide bonds. The topological polar surface area (TPSA) is 57.6 Å². The molecule has 0 aliphatic heterocycles. The molecule has 4 heteroatoms. The van der Waals surface area contributed by atoms with Crippen molar-refractivity contribution < 1.29 is 14.7 Å². The molecule has 0 aliphatic rings. The van der Waals surface area contributed by atoms with Gasteiger partial charge in [-0.15, -0.1) is 0 Å². The van der Waals surface area contributed by atoms with Gasteiger partial charge in [0.2, 0.25) is 5.91 Å². The van der Waals surface area contributed by atoms with Gasteiger partial charge in [0, 0.05) is 20.0 Å². The predicted molar refractivity (Wildman–Crippen MR) is 78.6 cm³/mol. The summed E-state index contributed by atoms with van der Waals surface area (Å²) < 4.78 is 0. The van der Waals surface area contributed by atoms with E-state index in [1.807, 2.05) is 0 Å². The van der Waals surface area contributed by atoms with Crippen molar-refractivity contribution in [2.24, 2.45) is 0 Å². The number of rotatable bonds is 8. The van der Waals surface area contributed by atoms with E-state index in [1.54, 1.807) is 7.05 Å². The molecule has 0 saturated heterocycles. The Labute approximate surface area is 120 Å². The second-order valence-corrected chi connectivity index (χ2v) is 5.15. The molecule has 0 heterocycles. The summed E-state index contributed by atoms with van der Waals surface area (Å²) in [5.74, 6) is -0.848. The number of carboxylic acid groups (broad SMARTS) is 1. The first kappa shape index (κ1) is 16.2. The van der Waals surface area contributed by atoms with Crippen LogP contribution in [0.15, 0.2) is 24.3 Å². The van der Waals surface area contributed by atoms with Gasteiger partial charge in [-0.25, -0.2) is 0 Å².